The molecule has 2 heteroatoms. The van der Waals surface area contributed by atoms with E-state index in [2.05, 4.69) is 0 Å². The maximum atomic E-state index is 5.99. The molecular weight excluding hydrogens is 200 g/mol. The first-order chi connectivity index (χ1) is 7.79. The molecule has 0 heterocycles. The Kier molecular flexibility index (Phi) is 3.91. The van der Waals surface area contributed by atoms with Crippen LogP contribution in [0, 0.1) is 0 Å². The number of ether oxygens (including phenoxy) is 2. The zero-order valence-corrected chi connectivity index (χ0v) is 10.9. The van der Waals surface area contributed by atoms with E-state index in [0.717, 1.165) is 0 Å². The fraction of sp³-hybridized carbons (Fsp3) is 1.00. The van der Waals surface area contributed by atoms with Crippen LogP contribution < -0.4 is 0 Å². The molecule has 0 spiro atoms. The first kappa shape index (κ1) is 12.4. The average molecular weight is 226 g/mol. The van der Waals surface area contributed by atoms with E-state index in [1.54, 1.807) is 0 Å². The van der Waals surface area contributed by atoms with Crippen molar-refractivity contribution in [2.24, 2.45) is 0 Å². The molecule has 0 saturated heterocycles. The SMILES string of the molecule is COC1(C2(OC)CCCCC2)CCCCC1. The molecule has 2 nitrogen and oxygen atoms in total. The average Bonchev–Trinajstić information content (AvgIpc) is 2.40. The molecular formula is C14H26O2. The summed E-state index contributed by atoms with van der Waals surface area (Å²) in [5.74, 6) is 0. The van der Waals surface area contributed by atoms with Crippen molar-refractivity contribution in [1.29, 1.82) is 0 Å². The van der Waals surface area contributed by atoms with Gasteiger partial charge < -0.3 is 9.47 Å². The van der Waals surface area contributed by atoms with Crippen LogP contribution in [0.3, 0.4) is 0 Å². The van der Waals surface area contributed by atoms with E-state index in [0.29, 0.717) is 0 Å². The third kappa shape index (κ3) is 1.91. The quantitative estimate of drug-likeness (QED) is 0.730. The van der Waals surface area contributed by atoms with Gasteiger partial charge in [0.25, 0.3) is 0 Å². The molecule has 2 saturated carbocycles. The van der Waals surface area contributed by atoms with Gasteiger partial charge in [-0.25, -0.2) is 0 Å². The lowest BCUT2D eigenvalue weighted by atomic mass is 9.66. The highest BCUT2D eigenvalue weighted by Gasteiger charge is 2.52. The summed E-state index contributed by atoms with van der Waals surface area (Å²) in [5.41, 5.74) is 0.0286. The maximum Gasteiger partial charge on any atom is 0.0966 e. The first-order valence-electron chi connectivity index (χ1n) is 6.89. The standard InChI is InChI=1S/C14H26O2/c1-15-13(9-5-3-6-10-13)14(16-2)11-7-4-8-12-14/h3-12H2,1-2H3. The summed E-state index contributed by atoms with van der Waals surface area (Å²) in [6, 6.07) is 0. The van der Waals surface area contributed by atoms with E-state index in [4.69, 9.17) is 9.47 Å². The van der Waals surface area contributed by atoms with Crippen molar-refractivity contribution >= 4 is 0 Å². The van der Waals surface area contributed by atoms with E-state index in [1.165, 1.54) is 64.2 Å². The monoisotopic (exact) mass is 226 g/mol. The minimum absolute atomic E-state index is 0.0143. The van der Waals surface area contributed by atoms with Crippen LogP contribution in [0.2, 0.25) is 0 Å². The van der Waals surface area contributed by atoms with E-state index in [1.807, 2.05) is 14.2 Å². The maximum absolute atomic E-state index is 5.99. The number of methoxy groups -OCH3 is 2. The van der Waals surface area contributed by atoms with Gasteiger partial charge in [-0.1, -0.05) is 38.5 Å². The Morgan fingerprint density at radius 2 is 0.875 bits per heavy atom. The van der Waals surface area contributed by atoms with Crippen molar-refractivity contribution in [2.45, 2.75) is 75.4 Å². The van der Waals surface area contributed by atoms with Gasteiger partial charge in [0.15, 0.2) is 0 Å². The van der Waals surface area contributed by atoms with Crippen molar-refractivity contribution in [3.63, 3.8) is 0 Å². The van der Waals surface area contributed by atoms with Crippen LogP contribution in [0.25, 0.3) is 0 Å². The van der Waals surface area contributed by atoms with Crippen LogP contribution in [0.5, 0.6) is 0 Å². The highest BCUT2D eigenvalue weighted by molar-refractivity contribution is 5.04. The van der Waals surface area contributed by atoms with E-state index in [9.17, 15) is 0 Å². The number of hydrogen-bond acceptors (Lipinski definition) is 2. The molecule has 0 atom stereocenters. The van der Waals surface area contributed by atoms with E-state index >= 15 is 0 Å². The zero-order valence-electron chi connectivity index (χ0n) is 10.9. The fourth-order valence-corrected chi connectivity index (χ4v) is 3.94. The summed E-state index contributed by atoms with van der Waals surface area (Å²) in [6.07, 6.45) is 12.7. The van der Waals surface area contributed by atoms with Crippen LogP contribution in [0.4, 0.5) is 0 Å². The number of rotatable bonds is 3. The van der Waals surface area contributed by atoms with Gasteiger partial charge >= 0.3 is 0 Å². The molecule has 2 aliphatic rings. The second kappa shape index (κ2) is 5.05. The zero-order chi connectivity index (χ0) is 11.5. The molecule has 2 aliphatic carbocycles. The van der Waals surface area contributed by atoms with Gasteiger partial charge in [0.1, 0.15) is 0 Å². The second-order valence-corrected chi connectivity index (χ2v) is 5.52. The normalized spacial score (nSPS) is 28.9. The van der Waals surface area contributed by atoms with Gasteiger partial charge in [0.2, 0.25) is 0 Å². The van der Waals surface area contributed by atoms with Gasteiger partial charge in [-0.05, 0) is 25.7 Å². The summed E-state index contributed by atoms with van der Waals surface area (Å²) in [7, 11) is 3.78. The Morgan fingerprint density at radius 1 is 0.562 bits per heavy atom. The molecule has 2 rings (SSSR count). The molecule has 0 unspecified atom stereocenters. The van der Waals surface area contributed by atoms with Crippen LogP contribution >= 0.6 is 0 Å². The molecule has 0 aromatic heterocycles. The van der Waals surface area contributed by atoms with Crippen LogP contribution in [0.15, 0.2) is 0 Å². The lowest BCUT2D eigenvalue weighted by Gasteiger charge is -2.52. The minimum Gasteiger partial charge on any atom is -0.375 e. The summed E-state index contributed by atoms with van der Waals surface area (Å²) >= 11 is 0. The third-order valence-corrected chi connectivity index (χ3v) is 4.93. The molecule has 0 aromatic rings. The molecule has 94 valence electrons. The first-order valence-corrected chi connectivity index (χ1v) is 6.89. The van der Waals surface area contributed by atoms with Gasteiger partial charge in [-0.15, -0.1) is 0 Å². The van der Waals surface area contributed by atoms with Gasteiger partial charge in [0.05, 0.1) is 11.2 Å². The topological polar surface area (TPSA) is 18.5 Å². The Morgan fingerprint density at radius 3 is 1.12 bits per heavy atom. The van der Waals surface area contributed by atoms with Crippen molar-refractivity contribution in [1.82, 2.24) is 0 Å². The molecule has 0 bridgehead atoms. The molecule has 0 aromatic carbocycles. The van der Waals surface area contributed by atoms with Crippen molar-refractivity contribution in [3.05, 3.63) is 0 Å². The Balaban J connectivity index is 2.21. The van der Waals surface area contributed by atoms with Crippen LogP contribution in [-0.2, 0) is 9.47 Å². The van der Waals surface area contributed by atoms with Gasteiger partial charge in [-0.2, -0.15) is 0 Å². The van der Waals surface area contributed by atoms with Gasteiger partial charge in [-0.3, -0.25) is 0 Å². The third-order valence-electron chi connectivity index (χ3n) is 4.93. The molecule has 0 aliphatic heterocycles. The van der Waals surface area contributed by atoms with Crippen LogP contribution in [-0.4, -0.2) is 25.4 Å². The van der Waals surface area contributed by atoms with E-state index < -0.39 is 0 Å². The minimum atomic E-state index is 0.0143. The Bertz CT molecular complexity index is 189. The molecule has 16 heavy (non-hydrogen) atoms. The van der Waals surface area contributed by atoms with Crippen LogP contribution in [0.1, 0.15) is 64.2 Å². The molecule has 0 radical (unpaired) electrons. The summed E-state index contributed by atoms with van der Waals surface area (Å²) < 4.78 is 12.0. The fourth-order valence-electron chi connectivity index (χ4n) is 3.94. The second-order valence-electron chi connectivity index (χ2n) is 5.52. The van der Waals surface area contributed by atoms with Crippen molar-refractivity contribution < 1.29 is 9.47 Å². The summed E-state index contributed by atoms with van der Waals surface area (Å²) in [4.78, 5) is 0. The lowest BCUT2D eigenvalue weighted by molar-refractivity contribution is -0.212. The van der Waals surface area contributed by atoms with Crippen molar-refractivity contribution in [3.8, 4) is 0 Å². The largest absolute Gasteiger partial charge is 0.375 e. The molecule has 0 N–H and O–H groups in total. The van der Waals surface area contributed by atoms with E-state index in [-0.39, 0.29) is 11.2 Å². The summed E-state index contributed by atoms with van der Waals surface area (Å²) in [6.45, 7) is 0. The molecule has 0 amide bonds. The highest BCUT2D eigenvalue weighted by atomic mass is 16.5. The Labute approximate surface area is 99.7 Å². The predicted molar refractivity (Wildman–Crippen MR) is 65.7 cm³/mol. The number of hydrogen-bond donors (Lipinski definition) is 0. The Hall–Kier alpha value is -0.0800. The summed E-state index contributed by atoms with van der Waals surface area (Å²) in [5, 5.41) is 0. The van der Waals surface area contributed by atoms with Crippen molar-refractivity contribution in [2.75, 3.05) is 14.2 Å². The molecule has 2 fully saturated rings. The smallest absolute Gasteiger partial charge is 0.0966 e. The van der Waals surface area contributed by atoms with Gasteiger partial charge in [0, 0.05) is 14.2 Å². The lowest BCUT2D eigenvalue weighted by Crippen LogP contribution is -2.58. The highest BCUT2D eigenvalue weighted by Crippen LogP contribution is 2.48. The predicted octanol–water partition coefficient (Wildman–Crippen LogP) is 3.69.